The first-order chi connectivity index (χ1) is 24.8. The van der Waals surface area contributed by atoms with Gasteiger partial charge in [-0.05, 0) is 100 Å². The van der Waals surface area contributed by atoms with E-state index in [1.807, 2.05) is 0 Å². The summed E-state index contributed by atoms with van der Waals surface area (Å²) in [4.78, 5) is 2.38. The van der Waals surface area contributed by atoms with Crippen molar-refractivity contribution in [1.29, 1.82) is 0 Å². The molecule has 1 heterocycles. The quantitative estimate of drug-likeness (QED) is 0.169. The molecule has 1 aromatic heterocycles. The van der Waals surface area contributed by atoms with Gasteiger partial charge < -0.3 is 9.47 Å². The Morgan fingerprint density at radius 2 is 0.820 bits per heavy atom. The average Bonchev–Trinajstić information content (AvgIpc) is 3.54. The minimum atomic E-state index is 1.10. The maximum absolute atomic E-state index is 2.38. The Balaban J connectivity index is 1.26. The van der Waals surface area contributed by atoms with Gasteiger partial charge in [-0.2, -0.15) is 0 Å². The Morgan fingerprint density at radius 3 is 1.50 bits per heavy atom. The summed E-state index contributed by atoms with van der Waals surface area (Å²) in [7, 11) is 0. The Kier molecular flexibility index (Phi) is 7.53. The van der Waals surface area contributed by atoms with Crippen LogP contribution in [0.15, 0.2) is 206 Å². The molecule has 0 N–H and O–H groups in total. The van der Waals surface area contributed by atoms with Crippen molar-refractivity contribution in [3.05, 3.63) is 206 Å². The highest BCUT2D eigenvalue weighted by atomic mass is 15.1. The highest BCUT2D eigenvalue weighted by Crippen LogP contribution is 2.43. The molecule has 0 spiro atoms. The van der Waals surface area contributed by atoms with E-state index in [1.54, 1.807) is 0 Å². The third-order valence-electron chi connectivity index (χ3n) is 9.53. The number of nitrogens with zero attached hydrogens (tertiary/aromatic N) is 2. The van der Waals surface area contributed by atoms with E-state index in [2.05, 4.69) is 216 Å². The van der Waals surface area contributed by atoms with Crippen LogP contribution in [0.4, 0.5) is 17.1 Å². The molecular weight excluding hydrogens is 605 g/mol. The van der Waals surface area contributed by atoms with Gasteiger partial charge in [0.25, 0.3) is 0 Å². The number of para-hydroxylation sites is 3. The van der Waals surface area contributed by atoms with E-state index in [9.17, 15) is 0 Å². The molecule has 0 unspecified atom stereocenters. The van der Waals surface area contributed by atoms with Crippen molar-refractivity contribution in [2.24, 2.45) is 0 Å². The van der Waals surface area contributed by atoms with Gasteiger partial charge in [0.2, 0.25) is 0 Å². The van der Waals surface area contributed by atoms with E-state index in [0.717, 1.165) is 22.7 Å². The average molecular weight is 639 g/mol. The van der Waals surface area contributed by atoms with Gasteiger partial charge in [-0.3, -0.25) is 0 Å². The van der Waals surface area contributed by atoms with Gasteiger partial charge in [0, 0.05) is 33.5 Å². The van der Waals surface area contributed by atoms with E-state index in [4.69, 9.17) is 0 Å². The zero-order valence-corrected chi connectivity index (χ0v) is 27.5. The van der Waals surface area contributed by atoms with Gasteiger partial charge in [0.15, 0.2) is 0 Å². The van der Waals surface area contributed by atoms with E-state index in [1.165, 1.54) is 55.2 Å². The minimum Gasteiger partial charge on any atom is -0.310 e. The van der Waals surface area contributed by atoms with Gasteiger partial charge in [-0.1, -0.05) is 140 Å². The van der Waals surface area contributed by atoms with Crippen molar-refractivity contribution in [2.75, 3.05) is 4.90 Å². The second-order valence-corrected chi connectivity index (χ2v) is 12.6. The summed E-state index contributed by atoms with van der Waals surface area (Å²) in [6.45, 7) is 0. The molecule has 0 aliphatic rings. The molecule has 0 atom stereocenters. The third kappa shape index (κ3) is 5.34. The third-order valence-corrected chi connectivity index (χ3v) is 9.53. The molecule has 0 saturated carbocycles. The predicted molar refractivity (Wildman–Crippen MR) is 212 cm³/mol. The Labute approximate surface area is 292 Å². The van der Waals surface area contributed by atoms with Crippen LogP contribution in [0.1, 0.15) is 0 Å². The lowest BCUT2D eigenvalue weighted by molar-refractivity contribution is 1.18. The normalized spacial score (nSPS) is 11.2. The predicted octanol–water partition coefficient (Wildman–Crippen LogP) is 13.3. The first-order valence-corrected chi connectivity index (χ1v) is 17.1. The fraction of sp³-hybridized carbons (Fsp3) is 0. The van der Waals surface area contributed by atoms with Crippen molar-refractivity contribution in [2.45, 2.75) is 0 Å². The van der Waals surface area contributed by atoms with Crippen molar-refractivity contribution in [3.63, 3.8) is 0 Å². The first kappa shape index (κ1) is 29.5. The van der Waals surface area contributed by atoms with E-state index < -0.39 is 0 Å². The first-order valence-electron chi connectivity index (χ1n) is 17.1. The van der Waals surface area contributed by atoms with Crippen LogP contribution >= 0.6 is 0 Å². The van der Waals surface area contributed by atoms with Crippen LogP contribution in [-0.4, -0.2) is 4.57 Å². The molecular formula is C48H34N2. The zero-order chi connectivity index (χ0) is 33.3. The van der Waals surface area contributed by atoms with Crippen LogP contribution in [0.2, 0.25) is 0 Å². The summed E-state index contributed by atoms with van der Waals surface area (Å²) in [5.74, 6) is 0. The fourth-order valence-electron chi connectivity index (χ4n) is 7.29. The van der Waals surface area contributed by atoms with Crippen molar-refractivity contribution < 1.29 is 0 Å². The van der Waals surface area contributed by atoms with Crippen LogP contribution in [0.3, 0.4) is 0 Å². The van der Waals surface area contributed by atoms with Crippen LogP contribution in [0.5, 0.6) is 0 Å². The van der Waals surface area contributed by atoms with Gasteiger partial charge in [0.05, 0.1) is 11.0 Å². The summed E-state index contributed by atoms with van der Waals surface area (Å²) in [6.07, 6.45) is 0. The highest BCUT2D eigenvalue weighted by molar-refractivity contribution is 6.15. The van der Waals surface area contributed by atoms with Crippen LogP contribution in [0.25, 0.3) is 60.9 Å². The van der Waals surface area contributed by atoms with Crippen molar-refractivity contribution in [3.8, 4) is 39.1 Å². The van der Waals surface area contributed by atoms with Gasteiger partial charge in [0.1, 0.15) is 0 Å². The Morgan fingerprint density at radius 1 is 0.320 bits per heavy atom. The zero-order valence-electron chi connectivity index (χ0n) is 27.5. The molecule has 9 rings (SSSR count). The van der Waals surface area contributed by atoms with Crippen LogP contribution in [-0.2, 0) is 0 Å². The molecule has 2 heteroatoms. The molecule has 0 bridgehead atoms. The van der Waals surface area contributed by atoms with Crippen molar-refractivity contribution >= 4 is 38.9 Å². The van der Waals surface area contributed by atoms with Gasteiger partial charge in [-0.25, -0.2) is 0 Å². The number of benzene rings is 8. The molecule has 8 aromatic carbocycles. The Bertz CT molecular complexity index is 2510. The smallest absolute Gasteiger partial charge is 0.0547 e. The van der Waals surface area contributed by atoms with E-state index >= 15 is 0 Å². The van der Waals surface area contributed by atoms with E-state index in [0.29, 0.717) is 0 Å². The lowest BCUT2D eigenvalue weighted by Crippen LogP contribution is -2.10. The molecule has 0 aliphatic carbocycles. The second-order valence-electron chi connectivity index (χ2n) is 12.6. The summed E-state index contributed by atoms with van der Waals surface area (Å²) in [5.41, 5.74) is 14.0. The molecule has 0 fully saturated rings. The molecule has 0 radical (unpaired) electrons. The molecule has 0 amide bonds. The van der Waals surface area contributed by atoms with Gasteiger partial charge >= 0.3 is 0 Å². The largest absolute Gasteiger partial charge is 0.310 e. The molecule has 9 aromatic rings. The minimum absolute atomic E-state index is 1.10. The van der Waals surface area contributed by atoms with E-state index in [-0.39, 0.29) is 0 Å². The molecule has 236 valence electrons. The van der Waals surface area contributed by atoms with Crippen LogP contribution < -0.4 is 4.90 Å². The molecule has 50 heavy (non-hydrogen) atoms. The topological polar surface area (TPSA) is 8.17 Å². The lowest BCUT2D eigenvalue weighted by Gasteiger charge is -2.27. The number of hydrogen-bond donors (Lipinski definition) is 0. The summed E-state index contributed by atoms with van der Waals surface area (Å²) < 4.78 is 2.38. The monoisotopic (exact) mass is 638 g/mol. The number of fused-ring (bicyclic) bond motifs is 3. The lowest BCUT2D eigenvalue weighted by atomic mass is 9.96. The number of hydrogen-bond acceptors (Lipinski definition) is 1. The molecule has 0 saturated heterocycles. The van der Waals surface area contributed by atoms with Crippen molar-refractivity contribution in [1.82, 2.24) is 4.57 Å². The SMILES string of the molecule is c1ccc(-c2cc(-c3ccccc3)cc(N(c3ccccc3)c3cccc(-c4cccc5c4c4ccccc4n5-c4ccccc4)c3)c2)cc1. The Hall–Kier alpha value is -6.64. The van der Waals surface area contributed by atoms with Gasteiger partial charge in [-0.15, -0.1) is 0 Å². The summed E-state index contributed by atoms with van der Waals surface area (Å²) >= 11 is 0. The standard InChI is InChI=1S/C48H34N2/c1-5-17-35(18-6-1)38-31-39(36-19-7-2-8-20-36)34-43(33-38)49(40-22-9-3-10-23-40)42-26-15-21-37(32-42)44-28-16-30-47-48(44)45-27-13-14-29-46(45)50(47)41-24-11-4-12-25-41/h1-34H. The van der Waals surface area contributed by atoms with Crippen LogP contribution in [0, 0.1) is 0 Å². The molecule has 2 nitrogen and oxygen atoms in total. The fourth-order valence-corrected chi connectivity index (χ4v) is 7.29. The summed E-state index contributed by atoms with van der Waals surface area (Å²) in [6, 6.07) is 74.1. The second kappa shape index (κ2) is 12.8. The number of rotatable bonds is 7. The number of anilines is 3. The maximum Gasteiger partial charge on any atom is 0.0547 e. The number of aromatic nitrogens is 1. The molecule has 0 aliphatic heterocycles. The maximum atomic E-state index is 2.38. The highest BCUT2D eigenvalue weighted by Gasteiger charge is 2.19. The summed E-state index contributed by atoms with van der Waals surface area (Å²) in [5, 5.41) is 2.50.